The molecule has 3 aromatic heterocycles. The van der Waals surface area contributed by atoms with Gasteiger partial charge in [-0.2, -0.15) is 18.3 Å². The molecule has 0 aliphatic rings. The summed E-state index contributed by atoms with van der Waals surface area (Å²) < 4.78 is 55.5. The minimum atomic E-state index is -4.83. The molecule has 2 amide bonds. The van der Waals surface area contributed by atoms with Crippen molar-refractivity contribution in [3.8, 4) is 5.82 Å². The number of alkyl halides is 3. The van der Waals surface area contributed by atoms with Crippen LogP contribution in [0.5, 0.6) is 0 Å². The second-order valence-electron chi connectivity index (χ2n) is 8.63. The average Bonchev–Trinajstić information content (AvgIpc) is 3.48. The number of halogens is 5. The number of tetrazole rings is 1. The van der Waals surface area contributed by atoms with Crippen molar-refractivity contribution < 1.29 is 27.2 Å². The zero-order valence-electron chi connectivity index (χ0n) is 20.6. The van der Waals surface area contributed by atoms with Gasteiger partial charge in [-0.1, -0.05) is 11.6 Å². The molecule has 0 aliphatic carbocycles. The molecule has 16 heteroatoms. The maximum atomic E-state index is 14.2. The summed E-state index contributed by atoms with van der Waals surface area (Å²) in [6, 6.07) is 6.07. The highest BCUT2D eigenvalue weighted by Crippen LogP contribution is 2.28. The van der Waals surface area contributed by atoms with Crippen LogP contribution in [0.3, 0.4) is 0 Å². The normalized spacial score (nSPS) is 11.6. The van der Waals surface area contributed by atoms with Crippen molar-refractivity contribution in [1.82, 2.24) is 40.3 Å². The van der Waals surface area contributed by atoms with Crippen molar-refractivity contribution in [1.29, 1.82) is 0 Å². The molecule has 3 heterocycles. The number of aromatic nitrogens is 7. The largest absolute Gasteiger partial charge is 0.453 e. The lowest BCUT2D eigenvalue weighted by Gasteiger charge is -2.16. The molecule has 0 saturated heterocycles. The van der Waals surface area contributed by atoms with E-state index in [-0.39, 0.29) is 45.1 Å². The fraction of sp³-hybridized carbons (Fsp3) is 0.261. The molecule has 0 aliphatic heterocycles. The number of carbonyl (C=O) groups is 2. The number of nitrogens with one attached hydrogen (secondary N) is 2. The lowest BCUT2D eigenvalue weighted by molar-refractivity contribution is -0.147. The summed E-state index contributed by atoms with van der Waals surface area (Å²) in [6.07, 6.45) is -3.45. The minimum absolute atomic E-state index is 0.0110. The number of benzene rings is 1. The third-order valence-electron chi connectivity index (χ3n) is 5.23. The summed E-state index contributed by atoms with van der Waals surface area (Å²) in [4.78, 5) is 30.4. The number of amides is 2. The Morgan fingerprint density at radius 1 is 1.15 bits per heavy atom. The third kappa shape index (κ3) is 6.03. The molecule has 0 fully saturated rings. The van der Waals surface area contributed by atoms with E-state index in [4.69, 9.17) is 11.6 Å². The van der Waals surface area contributed by atoms with Crippen molar-refractivity contribution in [2.45, 2.75) is 39.5 Å². The highest BCUT2D eigenvalue weighted by molar-refractivity contribution is 6.32. The van der Waals surface area contributed by atoms with Gasteiger partial charge in [0.2, 0.25) is 0 Å². The maximum absolute atomic E-state index is 14.2. The van der Waals surface area contributed by atoms with Crippen LogP contribution >= 0.6 is 11.6 Å². The lowest BCUT2D eigenvalue weighted by Crippen LogP contribution is -2.31. The summed E-state index contributed by atoms with van der Waals surface area (Å²) >= 11 is 6.25. The monoisotopic (exact) mass is 565 g/mol. The predicted molar refractivity (Wildman–Crippen MR) is 130 cm³/mol. The Hall–Kier alpha value is -4.40. The molecule has 4 rings (SSSR count). The molecule has 2 N–H and O–H groups in total. The van der Waals surface area contributed by atoms with Crippen LogP contribution in [0.1, 0.15) is 51.8 Å². The van der Waals surface area contributed by atoms with E-state index in [0.29, 0.717) is 4.68 Å². The number of hydrogen-bond donors (Lipinski definition) is 2. The molecule has 4 aromatic rings. The number of carbonyl (C=O) groups excluding carboxylic acids is 2. The van der Waals surface area contributed by atoms with E-state index < -0.39 is 36.2 Å². The third-order valence-corrected chi connectivity index (χ3v) is 5.53. The van der Waals surface area contributed by atoms with Gasteiger partial charge < -0.3 is 10.6 Å². The van der Waals surface area contributed by atoms with E-state index in [9.17, 15) is 27.2 Å². The molecule has 1 aromatic carbocycles. The fourth-order valence-corrected chi connectivity index (χ4v) is 3.84. The molecule has 39 heavy (non-hydrogen) atoms. The van der Waals surface area contributed by atoms with Crippen molar-refractivity contribution >= 4 is 29.1 Å². The first-order chi connectivity index (χ1) is 18.3. The second-order valence-corrected chi connectivity index (χ2v) is 9.03. The number of nitrogens with zero attached hydrogens (tertiary/aromatic N) is 7. The van der Waals surface area contributed by atoms with Gasteiger partial charge in [-0.3, -0.25) is 9.59 Å². The Kier molecular flexibility index (Phi) is 7.63. The topological polar surface area (TPSA) is 133 Å². The SMILES string of the molecule is Cc1cc(F)cc(C(=O)NC(C)C)c1NC(=O)c1cc(Cn2nnnc2C(F)(F)F)nn1-c1ncccc1Cl. The molecule has 0 spiro atoms. The zero-order valence-corrected chi connectivity index (χ0v) is 21.3. The van der Waals surface area contributed by atoms with Crippen molar-refractivity contribution in [3.05, 3.63) is 75.7 Å². The van der Waals surface area contributed by atoms with Gasteiger partial charge >= 0.3 is 6.18 Å². The summed E-state index contributed by atoms with van der Waals surface area (Å²) in [5.41, 5.74) is -0.0663. The Morgan fingerprint density at radius 2 is 1.90 bits per heavy atom. The average molecular weight is 566 g/mol. The van der Waals surface area contributed by atoms with Crippen LogP contribution in [0.25, 0.3) is 5.82 Å². The quantitative estimate of drug-likeness (QED) is 0.326. The van der Waals surface area contributed by atoms with Crippen LogP contribution < -0.4 is 10.6 Å². The Bertz CT molecular complexity index is 1550. The van der Waals surface area contributed by atoms with Gasteiger partial charge in [0.25, 0.3) is 17.6 Å². The standard InChI is InChI=1S/C23H20ClF4N9O2/c1-11(2)30-20(38)15-8-13(25)7-12(3)18(15)31-21(39)17-9-14(10-36-22(23(26,27)28)32-34-35-36)33-37(17)19-16(24)5-4-6-29-19/h4-9,11H,10H2,1-3H3,(H,30,38)(H,31,39). The molecule has 0 atom stereocenters. The molecular formula is C23H20ClF4N9O2. The maximum Gasteiger partial charge on any atom is 0.453 e. The first-order valence-electron chi connectivity index (χ1n) is 11.3. The number of aryl methyl sites for hydroxylation is 1. The van der Waals surface area contributed by atoms with E-state index in [0.717, 1.165) is 16.8 Å². The smallest absolute Gasteiger partial charge is 0.350 e. The number of anilines is 1. The van der Waals surface area contributed by atoms with E-state index in [1.807, 2.05) is 0 Å². The van der Waals surface area contributed by atoms with E-state index >= 15 is 0 Å². The first kappa shape index (κ1) is 27.6. The zero-order chi connectivity index (χ0) is 28.5. The van der Waals surface area contributed by atoms with E-state index in [2.05, 4.69) is 36.2 Å². The van der Waals surface area contributed by atoms with Gasteiger partial charge in [0.05, 0.1) is 28.5 Å². The van der Waals surface area contributed by atoms with Crippen LogP contribution in [0.4, 0.5) is 23.2 Å². The number of pyridine rings is 1. The van der Waals surface area contributed by atoms with Gasteiger partial charge in [-0.25, -0.2) is 18.7 Å². The van der Waals surface area contributed by atoms with Gasteiger partial charge in [0.15, 0.2) is 5.82 Å². The Balaban J connectivity index is 1.77. The van der Waals surface area contributed by atoms with Crippen molar-refractivity contribution in [2.24, 2.45) is 0 Å². The summed E-state index contributed by atoms with van der Waals surface area (Å²) in [5.74, 6) is -3.48. The minimum Gasteiger partial charge on any atom is -0.350 e. The van der Waals surface area contributed by atoms with Crippen LogP contribution in [0.2, 0.25) is 5.02 Å². The van der Waals surface area contributed by atoms with Crippen molar-refractivity contribution in [3.63, 3.8) is 0 Å². The predicted octanol–water partition coefficient (Wildman–Crippen LogP) is 3.81. The Labute approximate surface area is 223 Å². The molecular weight excluding hydrogens is 546 g/mol. The molecule has 0 radical (unpaired) electrons. The first-order valence-corrected chi connectivity index (χ1v) is 11.7. The van der Waals surface area contributed by atoms with Crippen LogP contribution in [0.15, 0.2) is 36.5 Å². The molecule has 0 unspecified atom stereocenters. The van der Waals surface area contributed by atoms with Crippen LogP contribution in [-0.2, 0) is 12.7 Å². The number of hydrogen-bond acceptors (Lipinski definition) is 7. The molecule has 11 nitrogen and oxygen atoms in total. The van der Waals surface area contributed by atoms with Crippen LogP contribution in [-0.4, -0.2) is 52.8 Å². The lowest BCUT2D eigenvalue weighted by atomic mass is 10.1. The van der Waals surface area contributed by atoms with E-state index in [1.54, 1.807) is 13.8 Å². The highest BCUT2D eigenvalue weighted by atomic mass is 35.5. The van der Waals surface area contributed by atoms with Gasteiger partial charge in [0.1, 0.15) is 11.5 Å². The molecule has 204 valence electrons. The van der Waals surface area contributed by atoms with Crippen LogP contribution in [0, 0.1) is 12.7 Å². The number of rotatable bonds is 7. The van der Waals surface area contributed by atoms with Crippen molar-refractivity contribution in [2.75, 3.05) is 5.32 Å². The van der Waals surface area contributed by atoms with Gasteiger partial charge in [-0.15, -0.1) is 5.10 Å². The summed E-state index contributed by atoms with van der Waals surface area (Å²) in [7, 11) is 0. The fourth-order valence-electron chi connectivity index (χ4n) is 3.64. The van der Waals surface area contributed by atoms with Gasteiger partial charge in [0, 0.05) is 12.2 Å². The highest BCUT2D eigenvalue weighted by Gasteiger charge is 2.38. The molecule has 0 bridgehead atoms. The summed E-state index contributed by atoms with van der Waals surface area (Å²) in [5, 5.41) is 19.0. The summed E-state index contributed by atoms with van der Waals surface area (Å²) in [6.45, 7) is 4.39. The second kappa shape index (κ2) is 10.8. The van der Waals surface area contributed by atoms with E-state index in [1.165, 1.54) is 31.3 Å². The Morgan fingerprint density at radius 3 is 2.56 bits per heavy atom. The van der Waals surface area contributed by atoms with Gasteiger partial charge in [-0.05, 0) is 67.1 Å². The molecule has 0 saturated carbocycles.